The Labute approximate surface area is 209 Å². The number of aromatic nitrogens is 5. The second-order valence-corrected chi connectivity index (χ2v) is 9.41. The van der Waals surface area contributed by atoms with Crippen LogP contribution < -0.4 is 10.9 Å². The van der Waals surface area contributed by atoms with Crippen LogP contribution in [0.3, 0.4) is 0 Å². The van der Waals surface area contributed by atoms with Gasteiger partial charge >= 0.3 is 0 Å². The lowest BCUT2D eigenvalue weighted by molar-refractivity contribution is 0.274. The van der Waals surface area contributed by atoms with E-state index in [1.807, 2.05) is 54.1 Å². The van der Waals surface area contributed by atoms with Crippen LogP contribution in [0.1, 0.15) is 11.1 Å². The summed E-state index contributed by atoms with van der Waals surface area (Å²) < 4.78 is 3.08. The largest absolute Gasteiger partial charge is 0.394 e. The zero-order valence-electron chi connectivity index (χ0n) is 18.4. The van der Waals surface area contributed by atoms with Crippen molar-refractivity contribution in [2.45, 2.75) is 19.4 Å². The molecule has 34 heavy (non-hydrogen) atoms. The Morgan fingerprint density at radius 2 is 2.03 bits per heavy atom. The Balaban J connectivity index is 1.51. The number of rotatable bonds is 7. The second kappa shape index (κ2) is 9.43. The Morgan fingerprint density at radius 1 is 1.21 bits per heavy atom. The molecular weight excluding hydrogens is 543 g/mol. The number of aliphatic hydroxyl groups is 1. The molecule has 8 nitrogen and oxygen atoms in total. The first-order valence-corrected chi connectivity index (χ1v) is 11.9. The first-order chi connectivity index (χ1) is 16.5. The molecule has 0 fully saturated rings. The molecule has 3 heterocycles. The van der Waals surface area contributed by atoms with Gasteiger partial charge in [-0.3, -0.25) is 4.79 Å². The van der Waals surface area contributed by atoms with Gasteiger partial charge < -0.3 is 25.0 Å². The first-order valence-electron chi connectivity index (χ1n) is 10.8. The van der Waals surface area contributed by atoms with Crippen LogP contribution in [0.5, 0.6) is 0 Å². The van der Waals surface area contributed by atoms with Crippen molar-refractivity contribution in [2.75, 3.05) is 11.9 Å². The van der Waals surface area contributed by atoms with Crippen molar-refractivity contribution < 1.29 is 5.11 Å². The topological polar surface area (TPSA) is 112 Å². The lowest BCUT2D eigenvalue weighted by atomic mass is 10.1. The number of hydrogen-bond acceptors (Lipinski definition) is 5. The van der Waals surface area contributed by atoms with Gasteiger partial charge in [-0.2, -0.15) is 0 Å². The summed E-state index contributed by atoms with van der Waals surface area (Å²) in [6, 6.07) is 13.7. The van der Waals surface area contributed by atoms with Crippen molar-refractivity contribution >= 4 is 39.3 Å². The van der Waals surface area contributed by atoms with Crippen molar-refractivity contribution in [3.05, 3.63) is 92.4 Å². The molecule has 1 atom stereocenters. The third-order valence-electron chi connectivity index (χ3n) is 5.74. The van der Waals surface area contributed by atoms with Crippen LogP contribution in [0, 0.1) is 10.5 Å². The molecule has 0 aliphatic heterocycles. The molecular formula is C25H23IN6O2. The molecule has 0 bridgehead atoms. The molecule has 3 aromatic heterocycles. The summed E-state index contributed by atoms with van der Waals surface area (Å²) >= 11 is 2.27. The quantitative estimate of drug-likeness (QED) is 0.223. The number of H-pyrrole nitrogens is 2. The number of anilines is 1. The van der Waals surface area contributed by atoms with Crippen molar-refractivity contribution in [3.63, 3.8) is 0 Å². The lowest BCUT2D eigenvalue weighted by Gasteiger charge is -2.19. The van der Waals surface area contributed by atoms with Crippen molar-refractivity contribution in [1.29, 1.82) is 0 Å². The summed E-state index contributed by atoms with van der Waals surface area (Å²) in [6.07, 6.45) is 7.56. The van der Waals surface area contributed by atoms with E-state index < -0.39 is 0 Å². The second-order valence-electron chi connectivity index (χ2n) is 8.16. The van der Waals surface area contributed by atoms with Crippen LogP contribution in [0.4, 0.5) is 5.69 Å². The van der Waals surface area contributed by atoms with Gasteiger partial charge in [-0.1, -0.05) is 12.1 Å². The Morgan fingerprint density at radius 3 is 2.76 bits per heavy atom. The summed E-state index contributed by atoms with van der Waals surface area (Å²) in [6.45, 7) is 1.91. The van der Waals surface area contributed by atoms with Crippen LogP contribution in [0.15, 0.2) is 72.2 Å². The maximum Gasteiger partial charge on any atom is 0.261 e. The smallest absolute Gasteiger partial charge is 0.261 e. The number of fused-ring (bicyclic) bond motifs is 1. The number of benzene rings is 2. The van der Waals surface area contributed by atoms with Crippen molar-refractivity contribution in [1.82, 2.24) is 24.5 Å². The standard InChI is InChI=1S/C25H23IN6O2/c1-15-10-19(32-9-8-27-14-32)12-21-23(15)31-24(30-21)22-20(6-7-28-25(22)34)29-18(13-33)11-16-2-4-17(26)5-3-16/h2-10,12,14,18,33H,11,13H2,1H3,(H,30,31)(H2,28,29,34)/t18-/m0/s1. The number of pyridine rings is 1. The highest BCUT2D eigenvalue weighted by Gasteiger charge is 2.18. The maximum atomic E-state index is 12.9. The molecule has 9 heteroatoms. The fraction of sp³-hybridized carbons (Fsp3) is 0.160. The monoisotopic (exact) mass is 566 g/mol. The zero-order valence-corrected chi connectivity index (χ0v) is 20.6. The number of imidazole rings is 2. The van der Waals surface area contributed by atoms with E-state index >= 15 is 0 Å². The van der Waals surface area contributed by atoms with Crippen LogP contribution in [0.25, 0.3) is 28.1 Å². The Kier molecular flexibility index (Phi) is 6.20. The van der Waals surface area contributed by atoms with E-state index in [4.69, 9.17) is 4.98 Å². The minimum atomic E-state index is -0.264. The van der Waals surface area contributed by atoms with E-state index in [1.165, 1.54) is 0 Å². The third kappa shape index (κ3) is 4.48. The van der Waals surface area contributed by atoms with E-state index in [0.717, 1.165) is 31.4 Å². The highest BCUT2D eigenvalue weighted by Crippen LogP contribution is 2.28. The number of halogens is 1. The Bertz CT molecular complexity index is 1490. The molecule has 2 aromatic carbocycles. The summed E-state index contributed by atoms with van der Waals surface area (Å²) in [7, 11) is 0. The molecule has 0 spiro atoms. The van der Waals surface area contributed by atoms with E-state index in [0.29, 0.717) is 23.5 Å². The van der Waals surface area contributed by atoms with Gasteiger partial charge in [0, 0.05) is 27.8 Å². The predicted octanol–water partition coefficient (Wildman–Crippen LogP) is 4.03. The Hall–Kier alpha value is -3.44. The number of hydrogen-bond donors (Lipinski definition) is 4. The number of nitrogens with one attached hydrogen (secondary N) is 3. The molecule has 0 amide bonds. The molecule has 172 valence electrons. The van der Waals surface area contributed by atoms with Gasteiger partial charge in [-0.15, -0.1) is 0 Å². The average molecular weight is 566 g/mol. The maximum absolute atomic E-state index is 12.9. The number of nitrogens with zero attached hydrogens (tertiary/aromatic N) is 3. The molecule has 0 unspecified atom stereocenters. The molecule has 0 radical (unpaired) electrons. The van der Waals surface area contributed by atoms with Crippen LogP contribution in [-0.4, -0.2) is 42.3 Å². The van der Waals surface area contributed by atoms with E-state index in [9.17, 15) is 9.90 Å². The molecule has 0 saturated heterocycles. The first kappa shape index (κ1) is 22.4. The minimum absolute atomic E-state index is 0.0776. The van der Waals surface area contributed by atoms with Crippen LogP contribution in [0.2, 0.25) is 0 Å². The SMILES string of the molecule is Cc1cc(-n2ccnc2)cc2[nH]c(-c3c(N[C@H](CO)Cc4ccc(I)cc4)cc[nH]c3=O)nc12. The van der Waals surface area contributed by atoms with Gasteiger partial charge in [0.1, 0.15) is 11.4 Å². The number of aliphatic hydroxyl groups excluding tert-OH is 1. The molecule has 5 rings (SSSR count). The molecule has 0 aliphatic carbocycles. The van der Waals surface area contributed by atoms with E-state index in [-0.39, 0.29) is 18.2 Å². The lowest BCUT2D eigenvalue weighted by Crippen LogP contribution is -2.28. The highest BCUT2D eigenvalue weighted by molar-refractivity contribution is 14.1. The predicted molar refractivity (Wildman–Crippen MR) is 141 cm³/mol. The summed E-state index contributed by atoms with van der Waals surface area (Å²) in [5, 5.41) is 13.4. The molecule has 4 N–H and O–H groups in total. The van der Waals surface area contributed by atoms with Crippen molar-refractivity contribution in [3.8, 4) is 17.1 Å². The third-order valence-corrected chi connectivity index (χ3v) is 6.46. The van der Waals surface area contributed by atoms with E-state index in [1.54, 1.807) is 24.8 Å². The highest BCUT2D eigenvalue weighted by atomic mass is 127. The molecule has 0 aliphatic rings. The van der Waals surface area contributed by atoms with Crippen molar-refractivity contribution in [2.24, 2.45) is 0 Å². The average Bonchev–Trinajstić information content (AvgIpc) is 3.50. The molecule has 0 saturated carbocycles. The van der Waals surface area contributed by atoms with Gasteiger partial charge in [0.05, 0.1) is 35.7 Å². The summed E-state index contributed by atoms with van der Waals surface area (Å²) in [4.78, 5) is 27.8. The van der Waals surface area contributed by atoms with Gasteiger partial charge in [0.2, 0.25) is 0 Å². The summed E-state index contributed by atoms with van der Waals surface area (Å²) in [5.74, 6) is 0.469. The van der Waals surface area contributed by atoms with Crippen LogP contribution in [-0.2, 0) is 6.42 Å². The van der Waals surface area contributed by atoms with Crippen LogP contribution >= 0.6 is 22.6 Å². The normalized spacial score (nSPS) is 12.2. The minimum Gasteiger partial charge on any atom is -0.394 e. The molecule has 5 aromatic rings. The van der Waals surface area contributed by atoms with E-state index in [2.05, 4.69) is 42.9 Å². The van der Waals surface area contributed by atoms with Gasteiger partial charge in [-0.05, 0) is 77.4 Å². The van der Waals surface area contributed by atoms with Gasteiger partial charge in [0.25, 0.3) is 5.56 Å². The zero-order chi connectivity index (χ0) is 23.7. The fourth-order valence-corrected chi connectivity index (χ4v) is 4.43. The van der Waals surface area contributed by atoms with Gasteiger partial charge in [0.15, 0.2) is 0 Å². The number of aromatic amines is 2. The summed E-state index contributed by atoms with van der Waals surface area (Å²) in [5.41, 5.74) is 5.42. The fourth-order valence-electron chi connectivity index (χ4n) is 4.07. The number of aryl methyl sites for hydroxylation is 1. The van der Waals surface area contributed by atoms with Gasteiger partial charge in [-0.25, -0.2) is 9.97 Å².